The lowest BCUT2D eigenvalue weighted by Gasteiger charge is -2.23. The predicted octanol–water partition coefficient (Wildman–Crippen LogP) is 4.12. The summed E-state index contributed by atoms with van der Waals surface area (Å²) in [5.74, 6) is 2.48. The van der Waals surface area contributed by atoms with E-state index in [2.05, 4.69) is 66.5 Å². The molecule has 21 heavy (non-hydrogen) atoms. The normalized spacial score (nSPS) is 11.3. The molecule has 0 unspecified atom stereocenters. The number of hydrogen-bond acceptors (Lipinski definition) is 4. The number of rotatable bonds is 4. The molecule has 0 fully saturated rings. The summed E-state index contributed by atoms with van der Waals surface area (Å²) in [6, 6.07) is 10.3. The SMILES string of the molecule is CCc1nc(NC)cc(Nc2ccccc2C(C)(C)C)n1. The van der Waals surface area contributed by atoms with E-state index in [0.717, 1.165) is 29.6 Å². The summed E-state index contributed by atoms with van der Waals surface area (Å²) in [4.78, 5) is 8.98. The van der Waals surface area contributed by atoms with Gasteiger partial charge in [0.1, 0.15) is 17.5 Å². The van der Waals surface area contributed by atoms with Gasteiger partial charge in [-0.25, -0.2) is 9.97 Å². The molecule has 1 heterocycles. The second-order valence-electron chi connectivity index (χ2n) is 6.08. The molecule has 112 valence electrons. The van der Waals surface area contributed by atoms with E-state index in [1.54, 1.807) is 0 Å². The van der Waals surface area contributed by atoms with Crippen LogP contribution in [0.3, 0.4) is 0 Å². The van der Waals surface area contributed by atoms with Crippen LogP contribution in [0, 0.1) is 0 Å². The second kappa shape index (κ2) is 6.12. The van der Waals surface area contributed by atoms with E-state index in [1.807, 2.05) is 19.2 Å². The van der Waals surface area contributed by atoms with Crippen LogP contribution in [0.25, 0.3) is 0 Å². The van der Waals surface area contributed by atoms with E-state index < -0.39 is 0 Å². The van der Waals surface area contributed by atoms with Crippen molar-refractivity contribution in [3.8, 4) is 0 Å². The molecule has 2 rings (SSSR count). The number of aromatic nitrogens is 2. The van der Waals surface area contributed by atoms with Crippen LogP contribution in [0.5, 0.6) is 0 Å². The summed E-state index contributed by atoms with van der Waals surface area (Å²) in [6.07, 6.45) is 0.811. The molecule has 2 N–H and O–H groups in total. The van der Waals surface area contributed by atoms with E-state index >= 15 is 0 Å². The van der Waals surface area contributed by atoms with Crippen molar-refractivity contribution >= 4 is 17.3 Å². The maximum absolute atomic E-state index is 4.56. The zero-order valence-corrected chi connectivity index (χ0v) is 13.5. The van der Waals surface area contributed by atoms with Crippen LogP contribution in [-0.2, 0) is 11.8 Å². The van der Waals surface area contributed by atoms with Crippen LogP contribution in [0.2, 0.25) is 0 Å². The largest absolute Gasteiger partial charge is 0.373 e. The molecule has 0 saturated heterocycles. The number of para-hydroxylation sites is 1. The predicted molar refractivity (Wildman–Crippen MR) is 89.4 cm³/mol. The molecule has 1 aromatic heterocycles. The van der Waals surface area contributed by atoms with Crippen molar-refractivity contribution < 1.29 is 0 Å². The minimum Gasteiger partial charge on any atom is -0.373 e. The van der Waals surface area contributed by atoms with Gasteiger partial charge in [0.15, 0.2) is 0 Å². The van der Waals surface area contributed by atoms with Gasteiger partial charge in [-0.1, -0.05) is 45.9 Å². The van der Waals surface area contributed by atoms with Gasteiger partial charge < -0.3 is 10.6 Å². The van der Waals surface area contributed by atoms with Gasteiger partial charge in [0.05, 0.1) is 0 Å². The zero-order chi connectivity index (χ0) is 15.5. The molecular weight excluding hydrogens is 260 g/mol. The lowest BCUT2D eigenvalue weighted by Crippen LogP contribution is -2.14. The fraction of sp³-hybridized carbons (Fsp3) is 0.412. The van der Waals surface area contributed by atoms with Gasteiger partial charge >= 0.3 is 0 Å². The third-order valence-corrected chi connectivity index (χ3v) is 3.34. The third-order valence-electron chi connectivity index (χ3n) is 3.34. The first-order chi connectivity index (χ1) is 9.94. The molecule has 0 aliphatic carbocycles. The van der Waals surface area contributed by atoms with E-state index in [-0.39, 0.29) is 5.41 Å². The number of nitrogens with zero attached hydrogens (tertiary/aromatic N) is 2. The van der Waals surface area contributed by atoms with E-state index in [1.165, 1.54) is 5.56 Å². The molecule has 0 atom stereocenters. The maximum atomic E-state index is 4.56. The quantitative estimate of drug-likeness (QED) is 0.886. The molecule has 0 aliphatic rings. The molecule has 1 aromatic carbocycles. The van der Waals surface area contributed by atoms with Crippen LogP contribution in [0.1, 0.15) is 39.1 Å². The Kier molecular flexibility index (Phi) is 4.46. The Labute approximate surface area is 127 Å². The average molecular weight is 284 g/mol. The van der Waals surface area contributed by atoms with Crippen LogP contribution >= 0.6 is 0 Å². The Morgan fingerprint density at radius 3 is 2.33 bits per heavy atom. The molecule has 0 saturated carbocycles. The first kappa shape index (κ1) is 15.3. The Morgan fingerprint density at radius 1 is 1.05 bits per heavy atom. The van der Waals surface area contributed by atoms with Gasteiger partial charge in [0.25, 0.3) is 0 Å². The van der Waals surface area contributed by atoms with Crippen molar-refractivity contribution in [2.45, 2.75) is 39.5 Å². The Hall–Kier alpha value is -2.10. The zero-order valence-electron chi connectivity index (χ0n) is 13.5. The Morgan fingerprint density at radius 2 is 1.71 bits per heavy atom. The topological polar surface area (TPSA) is 49.8 Å². The molecule has 0 aliphatic heterocycles. The summed E-state index contributed by atoms with van der Waals surface area (Å²) < 4.78 is 0. The van der Waals surface area contributed by atoms with E-state index in [9.17, 15) is 0 Å². The number of aryl methyl sites for hydroxylation is 1. The van der Waals surface area contributed by atoms with Crippen molar-refractivity contribution in [3.63, 3.8) is 0 Å². The minimum absolute atomic E-state index is 0.0794. The summed E-state index contributed by atoms with van der Waals surface area (Å²) >= 11 is 0. The van der Waals surface area contributed by atoms with E-state index in [0.29, 0.717) is 0 Å². The van der Waals surface area contributed by atoms with E-state index in [4.69, 9.17) is 0 Å². The highest BCUT2D eigenvalue weighted by molar-refractivity contribution is 5.64. The molecule has 0 bridgehead atoms. The van der Waals surface area contributed by atoms with Crippen LogP contribution in [0.4, 0.5) is 17.3 Å². The molecule has 2 aromatic rings. The average Bonchev–Trinajstić information content (AvgIpc) is 2.46. The molecular formula is C17H24N4. The van der Waals surface area contributed by atoms with Gasteiger partial charge in [-0.2, -0.15) is 0 Å². The van der Waals surface area contributed by atoms with Crippen molar-refractivity contribution in [3.05, 3.63) is 41.7 Å². The first-order valence-electron chi connectivity index (χ1n) is 7.36. The highest BCUT2D eigenvalue weighted by atomic mass is 15.1. The fourth-order valence-corrected chi connectivity index (χ4v) is 2.23. The fourth-order valence-electron chi connectivity index (χ4n) is 2.23. The summed E-state index contributed by atoms with van der Waals surface area (Å²) in [5, 5.41) is 6.52. The van der Waals surface area contributed by atoms with Crippen LogP contribution in [0.15, 0.2) is 30.3 Å². The van der Waals surface area contributed by atoms with Crippen molar-refractivity contribution in [2.24, 2.45) is 0 Å². The van der Waals surface area contributed by atoms with Crippen molar-refractivity contribution in [1.29, 1.82) is 0 Å². The maximum Gasteiger partial charge on any atom is 0.136 e. The Balaban J connectivity index is 2.39. The highest BCUT2D eigenvalue weighted by Crippen LogP contribution is 2.31. The van der Waals surface area contributed by atoms with Gasteiger partial charge in [-0.15, -0.1) is 0 Å². The Bertz CT molecular complexity index is 592. The number of nitrogens with one attached hydrogen (secondary N) is 2. The van der Waals surface area contributed by atoms with Crippen LogP contribution in [-0.4, -0.2) is 17.0 Å². The molecule has 4 nitrogen and oxygen atoms in total. The number of anilines is 3. The lowest BCUT2D eigenvalue weighted by atomic mass is 9.86. The summed E-state index contributed by atoms with van der Waals surface area (Å²) in [5.41, 5.74) is 2.44. The summed E-state index contributed by atoms with van der Waals surface area (Å²) in [6.45, 7) is 8.69. The van der Waals surface area contributed by atoms with Gasteiger partial charge in [0, 0.05) is 25.2 Å². The molecule has 0 radical (unpaired) electrons. The smallest absolute Gasteiger partial charge is 0.136 e. The standard InChI is InChI=1S/C17H24N4/c1-6-14-20-15(18-5)11-16(21-14)19-13-10-8-7-9-12(13)17(2,3)4/h7-11H,6H2,1-5H3,(H2,18,19,20,21). The number of benzene rings is 1. The van der Waals surface area contributed by atoms with Crippen LogP contribution < -0.4 is 10.6 Å². The lowest BCUT2D eigenvalue weighted by molar-refractivity contribution is 0.592. The first-order valence-corrected chi connectivity index (χ1v) is 7.36. The monoisotopic (exact) mass is 284 g/mol. The van der Waals surface area contributed by atoms with Gasteiger partial charge in [-0.05, 0) is 17.0 Å². The van der Waals surface area contributed by atoms with Gasteiger partial charge in [0.2, 0.25) is 0 Å². The highest BCUT2D eigenvalue weighted by Gasteiger charge is 2.17. The molecule has 0 amide bonds. The molecule has 4 heteroatoms. The number of hydrogen-bond donors (Lipinski definition) is 2. The van der Waals surface area contributed by atoms with Gasteiger partial charge in [-0.3, -0.25) is 0 Å². The third kappa shape index (κ3) is 3.72. The van der Waals surface area contributed by atoms with Crippen molar-refractivity contribution in [2.75, 3.05) is 17.7 Å². The minimum atomic E-state index is 0.0794. The second-order valence-corrected chi connectivity index (χ2v) is 6.08. The molecule has 0 spiro atoms. The summed E-state index contributed by atoms with van der Waals surface area (Å²) in [7, 11) is 1.87. The van der Waals surface area contributed by atoms with Crippen molar-refractivity contribution in [1.82, 2.24) is 9.97 Å².